The first-order chi connectivity index (χ1) is 16.9. The van der Waals surface area contributed by atoms with Crippen LogP contribution in [0, 0.1) is 12.7 Å². The van der Waals surface area contributed by atoms with E-state index in [2.05, 4.69) is 41.5 Å². The Labute approximate surface area is 207 Å². The molecule has 2 aromatic carbocycles. The van der Waals surface area contributed by atoms with E-state index in [4.69, 9.17) is 4.74 Å². The van der Waals surface area contributed by atoms with E-state index in [1.807, 2.05) is 23.1 Å². The molecule has 1 aliphatic heterocycles. The number of aryl methyl sites for hydroxylation is 1. The van der Waals surface area contributed by atoms with Crippen molar-refractivity contribution >= 4 is 16.8 Å². The van der Waals surface area contributed by atoms with Gasteiger partial charge in [0.05, 0.1) is 12.7 Å². The number of hydrogen-bond donors (Lipinski definition) is 0. The topological polar surface area (TPSA) is 41.0 Å². The van der Waals surface area contributed by atoms with Crippen LogP contribution in [0.4, 0.5) is 4.39 Å². The molecule has 6 nitrogen and oxygen atoms in total. The summed E-state index contributed by atoms with van der Waals surface area (Å²) in [5.41, 5.74) is 3.90. The van der Waals surface area contributed by atoms with Crippen LogP contribution in [0.25, 0.3) is 10.9 Å². The Morgan fingerprint density at radius 1 is 1.06 bits per heavy atom. The summed E-state index contributed by atoms with van der Waals surface area (Å²) in [6.07, 6.45) is 1.83. The summed E-state index contributed by atoms with van der Waals surface area (Å²) in [5, 5.41) is 0.963. The Balaban J connectivity index is 1.47. The molecule has 1 aliphatic rings. The monoisotopic (exact) mass is 480 g/mol. The maximum Gasteiger partial charge on any atom is 0.256 e. The number of carbonyl (C=O) groups excluding carboxylic acids is 1. The van der Waals surface area contributed by atoms with Gasteiger partial charge in [0.1, 0.15) is 11.6 Å². The summed E-state index contributed by atoms with van der Waals surface area (Å²) >= 11 is 0. The van der Waals surface area contributed by atoms with E-state index in [1.54, 1.807) is 19.2 Å². The van der Waals surface area contributed by atoms with Gasteiger partial charge in [0, 0.05) is 55.9 Å². The fraction of sp³-hybridized carbons (Fsp3) is 0.464. The lowest BCUT2D eigenvalue weighted by Gasteiger charge is -2.35. The number of piperazine rings is 1. The van der Waals surface area contributed by atoms with Crippen molar-refractivity contribution in [1.29, 1.82) is 0 Å². The van der Waals surface area contributed by atoms with E-state index in [0.717, 1.165) is 79.0 Å². The van der Waals surface area contributed by atoms with Crippen molar-refractivity contribution in [1.82, 2.24) is 19.3 Å². The second-order valence-electron chi connectivity index (χ2n) is 9.67. The summed E-state index contributed by atoms with van der Waals surface area (Å²) < 4.78 is 21.2. The van der Waals surface area contributed by atoms with E-state index in [0.29, 0.717) is 13.1 Å². The van der Waals surface area contributed by atoms with E-state index < -0.39 is 0 Å². The van der Waals surface area contributed by atoms with E-state index in [9.17, 15) is 9.18 Å². The van der Waals surface area contributed by atoms with Crippen LogP contribution >= 0.6 is 0 Å². The quantitative estimate of drug-likeness (QED) is 0.463. The summed E-state index contributed by atoms with van der Waals surface area (Å²) in [7, 11) is 5.82. The lowest BCUT2D eigenvalue weighted by Crippen LogP contribution is -2.49. The maximum absolute atomic E-state index is 13.8. The lowest BCUT2D eigenvalue weighted by molar-refractivity contribution is 0.0639. The molecule has 188 valence electrons. The molecule has 1 saturated heterocycles. The van der Waals surface area contributed by atoms with Crippen LogP contribution in [0.3, 0.4) is 0 Å². The van der Waals surface area contributed by atoms with Crippen LogP contribution in [0.5, 0.6) is 5.75 Å². The average Bonchev–Trinajstić information content (AvgIpc) is 3.12. The highest BCUT2D eigenvalue weighted by atomic mass is 19.1. The van der Waals surface area contributed by atoms with Crippen LogP contribution in [0.2, 0.25) is 0 Å². The Hall–Kier alpha value is -2.90. The zero-order valence-corrected chi connectivity index (χ0v) is 21.4. The van der Waals surface area contributed by atoms with E-state index >= 15 is 0 Å². The standard InChI is InChI=1S/C28H37FN4O2/c1-21-27(25-20-24(35-4)9-10-26(25)33(21)13-6-12-30(2)3)28(34)32-17-15-31(16-18-32)14-11-22-7-5-8-23(29)19-22/h5,7-10,19-20H,6,11-18H2,1-4H3. The number of ether oxygens (including phenoxy) is 1. The minimum absolute atomic E-state index is 0.0943. The number of amides is 1. The Morgan fingerprint density at radius 3 is 2.51 bits per heavy atom. The van der Waals surface area contributed by atoms with Crippen molar-refractivity contribution in [3.05, 3.63) is 65.1 Å². The molecule has 0 radical (unpaired) electrons. The van der Waals surface area contributed by atoms with Gasteiger partial charge < -0.3 is 19.1 Å². The van der Waals surface area contributed by atoms with Gasteiger partial charge in [-0.15, -0.1) is 0 Å². The molecule has 0 aliphatic carbocycles. The molecule has 1 amide bonds. The van der Waals surface area contributed by atoms with Gasteiger partial charge in [0.25, 0.3) is 5.91 Å². The van der Waals surface area contributed by atoms with Gasteiger partial charge in [-0.3, -0.25) is 9.69 Å². The number of aromatic nitrogens is 1. The first-order valence-electron chi connectivity index (χ1n) is 12.4. The van der Waals surface area contributed by atoms with Crippen molar-refractivity contribution in [3.8, 4) is 5.75 Å². The van der Waals surface area contributed by atoms with Crippen molar-refractivity contribution in [2.75, 3.05) is 60.5 Å². The smallest absolute Gasteiger partial charge is 0.256 e. The average molecular weight is 481 g/mol. The van der Waals surface area contributed by atoms with Crippen LogP contribution in [-0.4, -0.2) is 85.6 Å². The largest absolute Gasteiger partial charge is 0.497 e. The van der Waals surface area contributed by atoms with Crippen molar-refractivity contribution < 1.29 is 13.9 Å². The summed E-state index contributed by atoms with van der Waals surface area (Å²) in [6.45, 7) is 7.83. The molecule has 35 heavy (non-hydrogen) atoms. The normalized spacial score (nSPS) is 14.7. The van der Waals surface area contributed by atoms with Gasteiger partial charge in [-0.1, -0.05) is 12.1 Å². The zero-order valence-electron chi connectivity index (χ0n) is 21.4. The molecule has 0 spiro atoms. The van der Waals surface area contributed by atoms with Crippen LogP contribution in [0.15, 0.2) is 42.5 Å². The van der Waals surface area contributed by atoms with Gasteiger partial charge in [0.15, 0.2) is 0 Å². The molecule has 1 aromatic heterocycles. The highest BCUT2D eigenvalue weighted by molar-refractivity contribution is 6.08. The molecule has 0 atom stereocenters. The van der Waals surface area contributed by atoms with Crippen molar-refractivity contribution in [3.63, 3.8) is 0 Å². The van der Waals surface area contributed by atoms with E-state index in [1.165, 1.54) is 6.07 Å². The lowest BCUT2D eigenvalue weighted by atomic mass is 10.1. The third kappa shape index (κ3) is 5.85. The molecule has 7 heteroatoms. The highest BCUT2D eigenvalue weighted by Gasteiger charge is 2.27. The minimum atomic E-state index is -0.189. The van der Waals surface area contributed by atoms with Gasteiger partial charge in [-0.25, -0.2) is 4.39 Å². The summed E-state index contributed by atoms with van der Waals surface area (Å²) in [6, 6.07) is 12.8. The third-order valence-electron chi connectivity index (χ3n) is 7.00. The predicted molar refractivity (Wildman–Crippen MR) is 139 cm³/mol. The number of nitrogens with zero attached hydrogens (tertiary/aromatic N) is 4. The number of fused-ring (bicyclic) bond motifs is 1. The first kappa shape index (κ1) is 25.2. The first-order valence-corrected chi connectivity index (χ1v) is 12.4. The molecule has 2 heterocycles. The maximum atomic E-state index is 13.8. The Bertz CT molecular complexity index is 1170. The molecule has 0 bridgehead atoms. The Kier molecular flexibility index (Phi) is 8.08. The number of carbonyl (C=O) groups is 1. The molecule has 3 aromatic rings. The van der Waals surface area contributed by atoms with E-state index in [-0.39, 0.29) is 11.7 Å². The van der Waals surface area contributed by atoms with Crippen molar-refractivity contribution in [2.24, 2.45) is 0 Å². The van der Waals surface area contributed by atoms with Gasteiger partial charge >= 0.3 is 0 Å². The second-order valence-corrected chi connectivity index (χ2v) is 9.67. The number of methoxy groups -OCH3 is 1. The van der Waals surface area contributed by atoms with Crippen LogP contribution < -0.4 is 4.74 Å². The molecular weight excluding hydrogens is 443 g/mol. The number of hydrogen-bond acceptors (Lipinski definition) is 4. The van der Waals surface area contributed by atoms with Gasteiger partial charge in [-0.2, -0.15) is 0 Å². The molecule has 0 N–H and O–H groups in total. The molecule has 0 unspecified atom stereocenters. The number of benzene rings is 2. The summed E-state index contributed by atoms with van der Waals surface area (Å²) in [5.74, 6) is 0.668. The molecule has 4 rings (SSSR count). The number of halogens is 1. The Morgan fingerprint density at radius 2 is 1.83 bits per heavy atom. The number of rotatable bonds is 9. The summed E-state index contributed by atoms with van der Waals surface area (Å²) in [4.78, 5) is 20.3. The van der Waals surface area contributed by atoms with Crippen LogP contribution in [0.1, 0.15) is 28.0 Å². The predicted octanol–water partition coefficient (Wildman–Crippen LogP) is 4.05. The highest BCUT2D eigenvalue weighted by Crippen LogP contribution is 2.31. The van der Waals surface area contributed by atoms with Gasteiger partial charge in [0.2, 0.25) is 0 Å². The van der Waals surface area contributed by atoms with Crippen LogP contribution in [-0.2, 0) is 13.0 Å². The SMILES string of the molecule is COc1ccc2c(c1)c(C(=O)N1CCN(CCc3cccc(F)c3)CC1)c(C)n2CCCN(C)C. The van der Waals surface area contributed by atoms with Crippen molar-refractivity contribution in [2.45, 2.75) is 26.3 Å². The molecule has 0 saturated carbocycles. The third-order valence-corrected chi connectivity index (χ3v) is 7.00. The minimum Gasteiger partial charge on any atom is -0.497 e. The zero-order chi connectivity index (χ0) is 24.9. The molecular formula is C28H37FN4O2. The fourth-order valence-corrected chi connectivity index (χ4v) is 5.00. The second kappa shape index (κ2) is 11.2. The van der Waals surface area contributed by atoms with Gasteiger partial charge in [-0.05, 0) is 76.3 Å². The molecule has 1 fully saturated rings. The fourth-order valence-electron chi connectivity index (χ4n) is 5.00.